The topological polar surface area (TPSA) is 9.23 Å². The molecule has 70 valence electrons. The molecule has 0 aliphatic rings. The summed E-state index contributed by atoms with van der Waals surface area (Å²) in [6, 6.07) is 4.77. The second-order valence-electron chi connectivity index (χ2n) is 2.27. The van der Waals surface area contributed by atoms with E-state index in [9.17, 15) is 8.78 Å². The molecular weight excluding hydrogens is 242 g/mol. The van der Waals surface area contributed by atoms with Gasteiger partial charge in [-0.2, -0.15) is 8.78 Å². The third kappa shape index (κ3) is 2.81. The number of halogens is 3. The Labute approximate surface area is 83.1 Å². The van der Waals surface area contributed by atoms with E-state index >= 15 is 0 Å². The number of alkyl halides is 2. The highest BCUT2D eigenvalue weighted by Gasteiger charge is 2.07. The molecule has 4 heteroatoms. The van der Waals surface area contributed by atoms with Crippen LogP contribution in [0.15, 0.2) is 29.3 Å². The van der Waals surface area contributed by atoms with E-state index in [0.29, 0.717) is 4.47 Å². The van der Waals surface area contributed by atoms with Crippen molar-refractivity contribution in [3.8, 4) is 5.75 Å². The van der Waals surface area contributed by atoms with Crippen LogP contribution in [0.1, 0.15) is 5.56 Å². The number of rotatable bonds is 3. The summed E-state index contributed by atoms with van der Waals surface area (Å²) in [5.41, 5.74) is 0.841. The lowest BCUT2D eigenvalue weighted by Crippen LogP contribution is -2.02. The molecule has 0 saturated carbocycles. The van der Waals surface area contributed by atoms with E-state index in [1.165, 1.54) is 6.07 Å². The zero-order valence-electron chi connectivity index (χ0n) is 6.64. The summed E-state index contributed by atoms with van der Waals surface area (Å²) < 4.78 is 28.4. The lowest BCUT2D eigenvalue weighted by Gasteiger charge is -2.06. The first-order valence-corrected chi connectivity index (χ1v) is 4.29. The zero-order valence-corrected chi connectivity index (χ0v) is 8.22. The van der Waals surface area contributed by atoms with Crippen LogP contribution in [0, 0.1) is 0 Å². The summed E-state index contributed by atoms with van der Waals surface area (Å²) in [6.07, 6.45) is 1.62. The first-order chi connectivity index (χ1) is 6.13. The van der Waals surface area contributed by atoms with E-state index in [2.05, 4.69) is 27.2 Å². The molecule has 0 aliphatic carbocycles. The van der Waals surface area contributed by atoms with E-state index in [4.69, 9.17) is 0 Å². The van der Waals surface area contributed by atoms with Gasteiger partial charge in [-0.3, -0.25) is 0 Å². The summed E-state index contributed by atoms with van der Waals surface area (Å²) in [5.74, 6) is 0.126. The minimum atomic E-state index is -2.80. The monoisotopic (exact) mass is 248 g/mol. The van der Waals surface area contributed by atoms with Crippen LogP contribution < -0.4 is 4.74 Å². The SMILES string of the molecule is C=Cc1ccc(OC(F)F)c(Br)c1. The van der Waals surface area contributed by atoms with Gasteiger partial charge in [0.05, 0.1) is 4.47 Å². The normalized spacial score (nSPS) is 10.2. The smallest absolute Gasteiger partial charge is 0.387 e. The summed E-state index contributed by atoms with van der Waals surface area (Å²) in [7, 11) is 0. The fourth-order valence-corrected chi connectivity index (χ4v) is 1.33. The van der Waals surface area contributed by atoms with Crippen LogP contribution >= 0.6 is 15.9 Å². The van der Waals surface area contributed by atoms with Crippen molar-refractivity contribution in [1.82, 2.24) is 0 Å². The van der Waals surface area contributed by atoms with E-state index in [1.807, 2.05) is 0 Å². The Bertz CT molecular complexity index is 312. The quantitative estimate of drug-likeness (QED) is 0.793. The Kier molecular flexibility index (Phi) is 3.42. The molecule has 0 bridgehead atoms. The predicted octanol–water partition coefficient (Wildman–Crippen LogP) is 3.69. The summed E-state index contributed by atoms with van der Waals surface area (Å²) >= 11 is 3.11. The van der Waals surface area contributed by atoms with Crippen molar-refractivity contribution in [3.05, 3.63) is 34.8 Å². The lowest BCUT2D eigenvalue weighted by molar-refractivity contribution is -0.0503. The highest BCUT2D eigenvalue weighted by molar-refractivity contribution is 9.10. The molecule has 0 amide bonds. The summed E-state index contributed by atoms with van der Waals surface area (Å²) in [6.45, 7) is 0.753. The molecule has 0 N–H and O–H groups in total. The van der Waals surface area contributed by atoms with Gasteiger partial charge in [-0.1, -0.05) is 18.7 Å². The van der Waals surface area contributed by atoms with Crippen LogP contribution in [-0.2, 0) is 0 Å². The molecule has 1 aromatic rings. The van der Waals surface area contributed by atoms with Gasteiger partial charge >= 0.3 is 6.61 Å². The molecular formula is C9H7BrF2O. The van der Waals surface area contributed by atoms with Crippen LogP contribution in [0.3, 0.4) is 0 Å². The molecule has 0 unspecified atom stereocenters. The minimum Gasteiger partial charge on any atom is -0.434 e. The second-order valence-corrected chi connectivity index (χ2v) is 3.13. The lowest BCUT2D eigenvalue weighted by atomic mass is 10.2. The third-order valence-corrected chi connectivity index (χ3v) is 2.03. The maximum atomic E-state index is 11.8. The maximum absolute atomic E-state index is 11.8. The van der Waals surface area contributed by atoms with Crippen LogP contribution in [0.25, 0.3) is 6.08 Å². The van der Waals surface area contributed by atoms with Gasteiger partial charge < -0.3 is 4.74 Å². The summed E-state index contributed by atoms with van der Waals surface area (Å²) in [5, 5.41) is 0. The van der Waals surface area contributed by atoms with E-state index < -0.39 is 6.61 Å². The van der Waals surface area contributed by atoms with Crippen molar-refractivity contribution < 1.29 is 13.5 Å². The number of hydrogen-bond acceptors (Lipinski definition) is 1. The number of ether oxygens (including phenoxy) is 1. The van der Waals surface area contributed by atoms with Crippen molar-refractivity contribution >= 4 is 22.0 Å². The van der Waals surface area contributed by atoms with Crippen LogP contribution in [0.5, 0.6) is 5.75 Å². The first-order valence-electron chi connectivity index (χ1n) is 3.50. The fraction of sp³-hybridized carbons (Fsp3) is 0.111. The Morgan fingerprint density at radius 1 is 1.46 bits per heavy atom. The van der Waals surface area contributed by atoms with E-state index in [0.717, 1.165) is 5.56 Å². The molecule has 1 rings (SSSR count). The van der Waals surface area contributed by atoms with Crippen molar-refractivity contribution in [2.75, 3.05) is 0 Å². The van der Waals surface area contributed by atoms with Gasteiger partial charge in [-0.05, 0) is 33.6 Å². The van der Waals surface area contributed by atoms with E-state index in [-0.39, 0.29) is 5.75 Å². The molecule has 0 fully saturated rings. The standard InChI is InChI=1S/C9H7BrF2O/c1-2-6-3-4-8(7(10)5-6)13-9(11)12/h2-5,9H,1H2. The molecule has 1 aromatic carbocycles. The molecule has 0 radical (unpaired) electrons. The van der Waals surface area contributed by atoms with Gasteiger partial charge in [0.1, 0.15) is 5.75 Å². The Morgan fingerprint density at radius 2 is 2.15 bits per heavy atom. The van der Waals surface area contributed by atoms with Crippen LogP contribution in [0.2, 0.25) is 0 Å². The fourth-order valence-electron chi connectivity index (χ4n) is 0.836. The summed E-state index contributed by atoms with van der Waals surface area (Å²) in [4.78, 5) is 0. The minimum absolute atomic E-state index is 0.126. The van der Waals surface area contributed by atoms with Crippen LogP contribution in [-0.4, -0.2) is 6.61 Å². The van der Waals surface area contributed by atoms with Gasteiger partial charge in [0.25, 0.3) is 0 Å². The molecule has 0 saturated heterocycles. The van der Waals surface area contributed by atoms with Gasteiger partial charge in [0.2, 0.25) is 0 Å². The molecule has 13 heavy (non-hydrogen) atoms. The second kappa shape index (κ2) is 4.37. The maximum Gasteiger partial charge on any atom is 0.387 e. The first kappa shape index (κ1) is 10.2. The van der Waals surface area contributed by atoms with Crippen molar-refractivity contribution in [1.29, 1.82) is 0 Å². The third-order valence-electron chi connectivity index (χ3n) is 1.41. The molecule has 0 atom stereocenters. The zero-order chi connectivity index (χ0) is 9.84. The van der Waals surface area contributed by atoms with Gasteiger partial charge in [0, 0.05) is 0 Å². The van der Waals surface area contributed by atoms with Crippen molar-refractivity contribution in [2.24, 2.45) is 0 Å². The highest BCUT2D eigenvalue weighted by Crippen LogP contribution is 2.27. The number of benzene rings is 1. The van der Waals surface area contributed by atoms with Crippen molar-refractivity contribution in [3.63, 3.8) is 0 Å². The van der Waals surface area contributed by atoms with Crippen LogP contribution in [0.4, 0.5) is 8.78 Å². The van der Waals surface area contributed by atoms with Gasteiger partial charge in [-0.25, -0.2) is 0 Å². The predicted molar refractivity (Wildman–Crippen MR) is 50.9 cm³/mol. The number of hydrogen-bond donors (Lipinski definition) is 0. The van der Waals surface area contributed by atoms with Gasteiger partial charge in [0.15, 0.2) is 0 Å². The Morgan fingerprint density at radius 3 is 2.62 bits per heavy atom. The van der Waals surface area contributed by atoms with Gasteiger partial charge in [-0.15, -0.1) is 0 Å². The Balaban J connectivity index is 2.91. The molecule has 1 nitrogen and oxygen atoms in total. The highest BCUT2D eigenvalue weighted by atomic mass is 79.9. The van der Waals surface area contributed by atoms with E-state index in [1.54, 1.807) is 18.2 Å². The largest absolute Gasteiger partial charge is 0.434 e. The molecule has 0 aliphatic heterocycles. The average molecular weight is 249 g/mol. The average Bonchev–Trinajstić information content (AvgIpc) is 2.08. The molecule has 0 aromatic heterocycles. The Hall–Kier alpha value is -0.900. The molecule has 0 heterocycles. The van der Waals surface area contributed by atoms with Crippen molar-refractivity contribution in [2.45, 2.75) is 6.61 Å². The molecule has 0 spiro atoms.